The van der Waals surface area contributed by atoms with Gasteiger partial charge in [0.15, 0.2) is 0 Å². The van der Waals surface area contributed by atoms with Crippen molar-refractivity contribution in [1.29, 1.82) is 0 Å². The molecule has 2 nitrogen and oxygen atoms in total. The molecule has 2 heteroatoms. The minimum absolute atomic E-state index is 0.344. The molecule has 1 atom stereocenters. The molecule has 0 aromatic heterocycles. The fourth-order valence-electron chi connectivity index (χ4n) is 3.22. The Kier molecular flexibility index (Phi) is 4.28. The van der Waals surface area contributed by atoms with Crippen LogP contribution < -0.4 is 4.74 Å². The van der Waals surface area contributed by atoms with Gasteiger partial charge in [-0.15, -0.1) is 0 Å². The van der Waals surface area contributed by atoms with E-state index in [1.165, 1.54) is 37.9 Å². The molecule has 1 aromatic rings. The Labute approximate surface area is 111 Å². The lowest BCUT2D eigenvalue weighted by Crippen LogP contribution is -2.29. The molecule has 1 aliphatic rings. The highest BCUT2D eigenvalue weighted by Crippen LogP contribution is 2.39. The SMILES string of the molecule is CCC[C@]1(c2cccc(OCC)c2)CCN(C)C1. The molecular formula is C16H25NO. The van der Waals surface area contributed by atoms with Crippen LogP contribution in [0.2, 0.25) is 0 Å². The number of likely N-dealkylation sites (tertiary alicyclic amines) is 1. The van der Waals surface area contributed by atoms with Gasteiger partial charge in [-0.05, 0) is 51.1 Å². The lowest BCUT2D eigenvalue weighted by Gasteiger charge is -2.29. The largest absolute Gasteiger partial charge is 0.494 e. The Morgan fingerprint density at radius 3 is 2.78 bits per heavy atom. The fraction of sp³-hybridized carbons (Fsp3) is 0.625. The van der Waals surface area contributed by atoms with Crippen LogP contribution in [0, 0.1) is 0 Å². The fourth-order valence-corrected chi connectivity index (χ4v) is 3.22. The van der Waals surface area contributed by atoms with E-state index in [0.29, 0.717) is 5.41 Å². The lowest BCUT2D eigenvalue weighted by molar-refractivity contribution is 0.333. The summed E-state index contributed by atoms with van der Waals surface area (Å²) in [4.78, 5) is 2.45. The quantitative estimate of drug-likeness (QED) is 0.790. The third-order valence-electron chi connectivity index (χ3n) is 4.03. The molecule has 0 unspecified atom stereocenters. The molecule has 0 bridgehead atoms. The molecule has 2 rings (SSSR count). The van der Waals surface area contributed by atoms with Crippen LogP contribution in [0.4, 0.5) is 0 Å². The predicted molar refractivity (Wildman–Crippen MR) is 76.3 cm³/mol. The predicted octanol–water partition coefficient (Wildman–Crippen LogP) is 3.46. The molecule has 0 radical (unpaired) electrons. The standard InChI is InChI=1S/C16H25NO/c1-4-9-16(10-11-17(3)13-16)14-7-6-8-15(12-14)18-5-2/h6-8,12H,4-5,9-11,13H2,1-3H3/t16-/m0/s1. The first-order chi connectivity index (χ1) is 8.70. The maximum absolute atomic E-state index is 5.64. The first-order valence-electron chi connectivity index (χ1n) is 7.12. The summed E-state index contributed by atoms with van der Waals surface area (Å²) >= 11 is 0. The maximum Gasteiger partial charge on any atom is 0.119 e. The van der Waals surface area contributed by atoms with Gasteiger partial charge in [0.1, 0.15) is 5.75 Å². The topological polar surface area (TPSA) is 12.5 Å². The third-order valence-corrected chi connectivity index (χ3v) is 4.03. The summed E-state index contributed by atoms with van der Waals surface area (Å²) in [6.45, 7) is 7.45. The van der Waals surface area contributed by atoms with Gasteiger partial charge in [-0.2, -0.15) is 0 Å². The summed E-state index contributed by atoms with van der Waals surface area (Å²) in [6.07, 6.45) is 3.78. The summed E-state index contributed by atoms with van der Waals surface area (Å²) in [5.74, 6) is 1.01. The molecule has 1 saturated heterocycles. The molecule has 0 spiro atoms. The van der Waals surface area contributed by atoms with Gasteiger partial charge in [0, 0.05) is 12.0 Å². The van der Waals surface area contributed by atoms with E-state index in [-0.39, 0.29) is 0 Å². The Morgan fingerprint density at radius 2 is 2.17 bits per heavy atom. The minimum atomic E-state index is 0.344. The van der Waals surface area contributed by atoms with Gasteiger partial charge in [-0.1, -0.05) is 25.5 Å². The van der Waals surface area contributed by atoms with Crippen molar-refractivity contribution in [2.75, 3.05) is 26.7 Å². The van der Waals surface area contributed by atoms with Crippen molar-refractivity contribution in [3.63, 3.8) is 0 Å². The normalized spacial score (nSPS) is 24.4. The van der Waals surface area contributed by atoms with Gasteiger partial charge in [-0.3, -0.25) is 0 Å². The molecule has 0 saturated carbocycles. The first kappa shape index (κ1) is 13.4. The van der Waals surface area contributed by atoms with E-state index in [1.807, 2.05) is 6.92 Å². The number of ether oxygens (including phenoxy) is 1. The van der Waals surface area contributed by atoms with Crippen molar-refractivity contribution < 1.29 is 4.74 Å². The van der Waals surface area contributed by atoms with Crippen LogP contribution in [0.3, 0.4) is 0 Å². The van der Waals surface area contributed by atoms with E-state index >= 15 is 0 Å². The van der Waals surface area contributed by atoms with E-state index in [2.05, 4.69) is 43.1 Å². The minimum Gasteiger partial charge on any atom is -0.494 e. The first-order valence-corrected chi connectivity index (χ1v) is 7.12. The summed E-state index contributed by atoms with van der Waals surface area (Å²) in [6, 6.07) is 8.72. The summed E-state index contributed by atoms with van der Waals surface area (Å²) in [7, 11) is 2.23. The van der Waals surface area contributed by atoms with Crippen molar-refractivity contribution in [3.05, 3.63) is 29.8 Å². The average Bonchev–Trinajstić information content (AvgIpc) is 2.73. The summed E-state index contributed by atoms with van der Waals surface area (Å²) < 4.78 is 5.64. The van der Waals surface area contributed by atoms with Gasteiger partial charge in [0.2, 0.25) is 0 Å². The second-order valence-corrected chi connectivity index (χ2v) is 5.48. The highest BCUT2D eigenvalue weighted by atomic mass is 16.5. The van der Waals surface area contributed by atoms with Crippen LogP contribution in [-0.2, 0) is 5.41 Å². The smallest absolute Gasteiger partial charge is 0.119 e. The monoisotopic (exact) mass is 247 g/mol. The molecule has 18 heavy (non-hydrogen) atoms. The third kappa shape index (κ3) is 2.69. The van der Waals surface area contributed by atoms with Crippen LogP contribution >= 0.6 is 0 Å². The van der Waals surface area contributed by atoms with Gasteiger partial charge in [0.05, 0.1) is 6.61 Å². The van der Waals surface area contributed by atoms with Crippen LogP contribution in [0.25, 0.3) is 0 Å². The Balaban J connectivity index is 2.28. The maximum atomic E-state index is 5.64. The molecule has 0 aliphatic carbocycles. The molecular weight excluding hydrogens is 222 g/mol. The average molecular weight is 247 g/mol. The number of hydrogen-bond donors (Lipinski definition) is 0. The highest BCUT2D eigenvalue weighted by Gasteiger charge is 2.37. The zero-order chi connectivity index (χ0) is 13.0. The van der Waals surface area contributed by atoms with E-state index in [4.69, 9.17) is 4.74 Å². The van der Waals surface area contributed by atoms with E-state index in [9.17, 15) is 0 Å². The molecule has 100 valence electrons. The van der Waals surface area contributed by atoms with Crippen molar-refractivity contribution in [2.24, 2.45) is 0 Å². The van der Waals surface area contributed by atoms with Crippen molar-refractivity contribution in [3.8, 4) is 5.75 Å². The zero-order valence-corrected chi connectivity index (χ0v) is 11.9. The van der Waals surface area contributed by atoms with E-state index in [0.717, 1.165) is 12.4 Å². The number of rotatable bonds is 5. The molecule has 0 amide bonds. The second kappa shape index (κ2) is 5.75. The van der Waals surface area contributed by atoms with Crippen molar-refractivity contribution >= 4 is 0 Å². The van der Waals surface area contributed by atoms with Gasteiger partial charge in [0.25, 0.3) is 0 Å². The molecule has 1 aromatic carbocycles. The molecule has 1 aliphatic heterocycles. The zero-order valence-electron chi connectivity index (χ0n) is 11.9. The number of nitrogens with zero attached hydrogens (tertiary/aromatic N) is 1. The Hall–Kier alpha value is -1.02. The van der Waals surface area contributed by atoms with Crippen LogP contribution in [0.15, 0.2) is 24.3 Å². The number of likely N-dealkylation sites (N-methyl/N-ethyl adjacent to an activating group) is 1. The van der Waals surface area contributed by atoms with Gasteiger partial charge < -0.3 is 9.64 Å². The Bertz CT molecular complexity index is 386. The highest BCUT2D eigenvalue weighted by molar-refractivity contribution is 5.35. The second-order valence-electron chi connectivity index (χ2n) is 5.48. The van der Waals surface area contributed by atoms with Crippen molar-refractivity contribution in [1.82, 2.24) is 4.90 Å². The van der Waals surface area contributed by atoms with Gasteiger partial charge in [-0.25, -0.2) is 0 Å². The van der Waals surface area contributed by atoms with Crippen LogP contribution in [0.5, 0.6) is 5.75 Å². The lowest BCUT2D eigenvalue weighted by atomic mass is 9.76. The van der Waals surface area contributed by atoms with E-state index in [1.54, 1.807) is 0 Å². The summed E-state index contributed by atoms with van der Waals surface area (Å²) in [5, 5.41) is 0. The van der Waals surface area contributed by atoms with Crippen molar-refractivity contribution in [2.45, 2.75) is 38.5 Å². The van der Waals surface area contributed by atoms with Crippen LogP contribution in [-0.4, -0.2) is 31.6 Å². The van der Waals surface area contributed by atoms with Crippen LogP contribution in [0.1, 0.15) is 38.7 Å². The number of hydrogen-bond acceptors (Lipinski definition) is 2. The van der Waals surface area contributed by atoms with E-state index < -0.39 is 0 Å². The van der Waals surface area contributed by atoms with Gasteiger partial charge >= 0.3 is 0 Å². The summed E-state index contributed by atoms with van der Waals surface area (Å²) in [5.41, 5.74) is 1.80. The molecule has 1 heterocycles. The molecule has 1 fully saturated rings. The number of benzene rings is 1. The molecule has 0 N–H and O–H groups in total. The Morgan fingerprint density at radius 1 is 1.33 bits per heavy atom.